The van der Waals surface area contributed by atoms with Crippen molar-refractivity contribution in [1.29, 1.82) is 0 Å². The summed E-state index contributed by atoms with van der Waals surface area (Å²) >= 11 is 6.16. The molecule has 1 atom stereocenters. The van der Waals surface area contributed by atoms with E-state index in [0.29, 0.717) is 5.02 Å². The van der Waals surface area contributed by atoms with Crippen LogP contribution in [-0.2, 0) is 23.8 Å². The summed E-state index contributed by atoms with van der Waals surface area (Å²) in [7, 11) is -6.50. The van der Waals surface area contributed by atoms with Gasteiger partial charge in [0, 0.05) is 23.7 Å². The fourth-order valence-corrected chi connectivity index (χ4v) is 6.78. The van der Waals surface area contributed by atoms with Gasteiger partial charge in [0.15, 0.2) is 5.69 Å². The maximum absolute atomic E-state index is 13.9. The Kier molecular flexibility index (Phi) is 7.74. The summed E-state index contributed by atoms with van der Waals surface area (Å²) in [6.45, 7) is 8.75. The van der Waals surface area contributed by atoms with E-state index in [2.05, 4.69) is 6.58 Å². The third kappa shape index (κ3) is 4.72. The van der Waals surface area contributed by atoms with Crippen molar-refractivity contribution < 1.29 is 27.0 Å². The molecule has 0 aliphatic rings. The first-order valence-corrected chi connectivity index (χ1v) is 13.0. The Morgan fingerprint density at radius 3 is 2.53 bits per heavy atom. The number of aromatic nitrogens is 1. The third-order valence-electron chi connectivity index (χ3n) is 4.31. The second kappa shape index (κ2) is 9.52. The van der Waals surface area contributed by atoms with Crippen molar-refractivity contribution in [3.63, 3.8) is 0 Å². The lowest BCUT2D eigenvalue weighted by molar-refractivity contribution is 0.0520. The maximum atomic E-state index is 13.9. The normalized spacial score (nSPS) is 13.6. The van der Waals surface area contributed by atoms with Gasteiger partial charge >= 0.3 is 5.97 Å². The van der Waals surface area contributed by atoms with Crippen molar-refractivity contribution in [3.05, 3.63) is 53.2 Å². The van der Waals surface area contributed by atoms with Gasteiger partial charge in [-0.05, 0) is 39.0 Å². The topological polar surface area (TPSA) is 91.7 Å². The number of esters is 1. The van der Waals surface area contributed by atoms with E-state index in [1.165, 1.54) is 31.4 Å². The first kappa shape index (κ1) is 24.4. The molecule has 7 nitrogen and oxygen atoms in total. The number of nitrogens with zero attached hydrogens (tertiary/aromatic N) is 1. The number of hydrogen-bond donors (Lipinski definition) is 0. The van der Waals surface area contributed by atoms with Gasteiger partial charge in [-0.15, -0.1) is 6.58 Å². The van der Waals surface area contributed by atoms with Crippen LogP contribution in [0.25, 0.3) is 10.9 Å². The molecule has 1 aromatic carbocycles. The zero-order valence-electron chi connectivity index (χ0n) is 17.3. The van der Waals surface area contributed by atoms with Gasteiger partial charge in [-0.25, -0.2) is 17.2 Å². The van der Waals surface area contributed by atoms with Crippen LogP contribution in [0.15, 0.2) is 42.5 Å². The van der Waals surface area contributed by atoms with Crippen LogP contribution in [0.4, 0.5) is 0 Å². The molecule has 2 rings (SSSR count). The van der Waals surface area contributed by atoms with Gasteiger partial charge in [0.05, 0.1) is 23.2 Å². The van der Waals surface area contributed by atoms with E-state index in [1.807, 2.05) is 13.8 Å². The predicted octanol–water partition coefficient (Wildman–Crippen LogP) is 4.35. The van der Waals surface area contributed by atoms with E-state index >= 15 is 0 Å². The maximum Gasteiger partial charge on any atom is 0.356 e. The molecule has 0 N–H and O–H groups in total. The lowest BCUT2D eigenvalue weighted by Gasteiger charge is -2.17. The van der Waals surface area contributed by atoms with Gasteiger partial charge in [0.1, 0.15) is 0 Å². The van der Waals surface area contributed by atoms with Gasteiger partial charge < -0.3 is 9.26 Å². The quantitative estimate of drug-likeness (QED) is 0.305. The number of carbonyl (C=O) groups excluding carboxylic acids is 1. The van der Waals surface area contributed by atoms with Crippen LogP contribution < -0.4 is 5.30 Å². The second-order valence-electron chi connectivity index (χ2n) is 6.73. The van der Waals surface area contributed by atoms with Crippen molar-refractivity contribution in [2.45, 2.75) is 20.8 Å². The number of benzene rings is 1. The molecule has 0 saturated heterocycles. The van der Waals surface area contributed by atoms with E-state index in [0.717, 1.165) is 9.55 Å². The molecule has 0 amide bonds. The molecule has 1 unspecified atom stereocenters. The molecular formula is C20H25ClNO6PS. The molecule has 0 fully saturated rings. The van der Waals surface area contributed by atoms with E-state index in [4.69, 9.17) is 20.9 Å². The molecule has 1 heterocycles. The van der Waals surface area contributed by atoms with Crippen LogP contribution >= 0.6 is 19.0 Å². The SMILES string of the molecule is C=CCS(=O)(=O)n1c(C(=O)OCC)c(P(=O)(CC=C(C)C)OC)c2cc(Cl)ccc21. The molecule has 164 valence electrons. The highest BCUT2D eigenvalue weighted by molar-refractivity contribution is 7.90. The predicted molar refractivity (Wildman–Crippen MR) is 121 cm³/mol. The molecule has 0 bridgehead atoms. The molecule has 30 heavy (non-hydrogen) atoms. The van der Waals surface area contributed by atoms with Crippen molar-refractivity contribution in [1.82, 2.24) is 3.97 Å². The number of hydrogen-bond acceptors (Lipinski definition) is 6. The summed E-state index contributed by atoms with van der Waals surface area (Å²) in [6, 6.07) is 4.44. The average Bonchev–Trinajstić information content (AvgIpc) is 3.02. The zero-order chi connectivity index (χ0) is 22.7. The average molecular weight is 474 g/mol. The van der Waals surface area contributed by atoms with Gasteiger partial charge in [-0.1, -0.05) is 29.3 Å². The highest BCUT2D eigenvalue weighted by Gasteiger charge is 2.39. The Balaban J connectivity index is 3.10. The molecule has 0 aliphatic heterocycles. The Morgan fingerprint density at radius 1 is 1.33 bits per heavy atom. The molecule has 1 aromatic heterocycles. The summed E-state index contributed by atoms with van der Waals surface area (Å²) < 4.78 is 51.4. The number of ether oxygens (including phenoxy) is 1. The van der Waals surface area contributed by atoms with Crippen molar-refractivity contribution in [2.75, 3.05) is 25.6 Å². The van der Waals surface area contributed by atoms with E-state index in [1.54, 1.807) is 13.0 Å². The first-order chi connectivity index (χ1) is 14.0. The Hall–Kier alpha value is -1.86. The number of halogens is 1. The zero-order valence-corrected chi connectivity index (χ0v) is 19.8. The molecule has 2 aromatic rings. The minimum atomic E-state index is -4.06. The van der Waals surface area contributed by atoms with Crippen molar-refractivity contribution in [3.8, 4) is 0 Å². The van der Waals surface area contributed by atoms with Crippen LogP contribution in [0.2, 0.25) is 5.02 Å². The largest absolute Gasteiger partial charge is 0.461 e. The van der Waals surface area contributed by atoms with Crippen LogP contribution in [0.5, 0.6) is 0 Å². The fourth-order valence-electron chi connectivity index (χ4n) is 3.02. The fraction of sp³-hybridized carbons (Fsp3) is 0.350. The monoisotopic (exact) mass is 473 g/mol. The third-order valence-corrected chi connectivity index (χ3v) is 8.53. The lowest BCUT2D eigenvalue weighted by Crippen LogP contribution is -2.26. The van der Waals surface area contributed by atoms with E-state index < -0.39 is 29.1 Å². The van der Waals surface area contributed by atoms with E-state index in [9.17, 15) is 17.8 Å². The van der Waals surface area contributed by atoms with Crippen molar-refractivity contribution >= 4 is 51.2 Å². The number of carbonyl (C=O) groups is 1. The molecule has 0 aliphatic carbocycles. The summed E-state index contributed by atoms with van der Waals surface area (Å²) in [5, 5.41) is 0.527. The minimum absolute atomic E-state index is 0.00726. The standard InChI is InChI=1S/C20H25ClNO6PS/c1-6-12-30(25,26)22-17-9-8-15(21)13-16(17)19(18(22)20(23)28-7-2)29(24,27-5)11-10-14(3)4/h6,8-10,13H,1,7,11-12H2,2-5H3. The van der Waals surface area contributed by atoms with Crippen molar-refractivity contribution in [2.24, 2.45) is 0 Å². The van der Waals surface area contributed by atoms with Crippen LogP contribution in [0.1, 0.15) is 31.3 Å². The molecule has 0 radical (unpaired) electrons. The van der Waals surface area contributed by atoms with E-state index in [-0.39, 0.29) is 34.7 Å². The van der Waals surface area contributed by atoms with Gasteiger partial charge in [-0.3, -0.25) is 4.57 Å². The smallest absolute Gasteiger partial charge is 0.356 e. The van der Waals surface area contributed by atoms with Gasteiger partial charge in [0.2, 0.25) is 17.4 Å². The Labute approximate surface area is 181 Å². The highest BCUT2D eigenvalue weighted by atomic mass is 35.5. The van der Waals surface area contributed by atoms with Gasteiger partial charge in [0.25, 0.3) is 0 Å². The summed E-state index contributed by atoms with van der Waals surface area (Å²) in [4.78, 5) is 12.9. The molecule has 0 saturated carbocycles. The second-order valence-corrected chi connectivity index (χ2v) is 11.6. The molecular weight excluding hydrogens is 449 g/mol. The number of rotatable bonds is 9. The summed E-state index contributed by atoms with van der Waals surface area (Å²) in [6.07, 6.45) is 2.90. The molecule has 0 spiro atoms. The number of allylic oxidation sites excluding steroid dienone is 2. The minimum Gasteiger partial charge on any atom is -0.461 e. The lowest BCUT2D eigenvalue weighted by atomic mass is 10.2. The molecule has 10 heteroatoms. The summed E-state index contributed by atoms with van der Waals surface area (Å²) in [5.41, 5.74) is 0.711. The Bertz CT molecular complexity index is 1160. The Morgan fingerprint density at radius 2 is 2.00 bits per heavy atom. The highest BCUT2D eigenvalue weighted by Crippen LogP contribution is 2.49. The number of fused-ring (bicyclic) bond motifs is 1. The first-order valence-electron chi connectivity index (χ1n) is 9.16. The van der Waals surface area contributed by atoms with Gasteiger partial charge in [-0.2, -0.15) is 0 Å². The summed E-state index contributed by atoms with van der Waals surface area (Å²) in [5.74, 6) is -1.35. The van der Waals surface area contributed by atoms with Crippen LogP contribution in [0.3, 0.4) is 0 Å². The van der Waals surface area contributed by atoms with Crippen LogP contribution in [0, 0.1) is 0 Å². The van der Waals surface area contributed by atoms with Crippen LogP contribution in [-0.4, -0.2) is 44.0 Å².